The molecule has 1 heterocycles. The predicted molar refractivity (Wildman–Crippen MR) is 66.2 cm³/mol. The highest BCUT2D eigenvalue weighted by Gasteiger charge is 2.23. The monoisotopic (exact) mass is 288 g/mol. The van der Waals surface area contributed by atoms with Crippen LogP contribution in [0.25, 0.3) is 4.91 Å². The maximum atomic E-state index is 12.8. The second kappa shape index (κ2) is 4.33. The summed E-state index contributed by atoms with van der Waals surface area (Å²) in [7, 11) is -7.44. The number of hydrogen-bond donors (Lipinski definition) is 0. The average Bonchev–Trinajstić information content (AvgIpc) is 2.36. The number of halogens is 1. The molecular formula is C11H9FO4S2. The van der Waals surface area contributed by atoms with Gasteiger partial charge in [-0.25, -0.2) is 21.2 Å². The first-order valence-corrected chi connectivity index (χ1v) is 8.18. The maximum absolute atomic E-state index is 12.8. The molecule has 1 aliphatic rings. The van der Waals surface area contributed by atoms with Crippen LogP contribution in [0.5, 0.6) is 0 Å². The van der Waals surface area contributed by atoms with Crippen molar-refractivity contribution in [3.05, 3.63) is 52.5 Å². The molecule has 18 heavy (non-hydrogen) atoms. The second-order valence-corrected chi connectivity index (χ2v) is 7.42. The van der Waals surface area contributed by atoms with Crippen molar-refractivity contribution in [1.29, 1.82) is 0 Å². The summed E-state index contributed by atoms with van der Waals surface area (Å²) in [6, 6.07) is 4.63. The van der Waals surface area contributed by atoms with E-state index in [0.29, 0.717) is 5.41 Å². The first kappa shape index (κ1) is 13.0. The average molecular weight is 288 g/mol. The molecule has 0 N–H and O–H groups in total. The Morgan fingerprint density at radius 2 is 1.61 bits per heavy atom. The molecule has 2 rings (SSSR count). The molecule has 0 bridgehead atoms. The van der Waals surface area contributed by atoms with E-state index in [-0.39, 0.29) is 10.5 Å². The third-order valence-electron chi connectivity index (χ3n) is 2.34. The Balaban J connectivity index is 2.66. The van der Waals surface area contributed by atoms with Gasteiger partial charge >= 0.3 is 0 Å². The summed E-state index contributed by atoms with van der Waals surface area (Å²) >= 11 is 0. The Labute approximate surface area is 104 Å². The minimum atomic E-state index is -3.72. The van der Waals surface area contributed by atoms with Crippen molar-refractivity contribution in [3.8, 4) is 0 Å². The molecule has 0 radical (unpaired) electrons. The van der Waals surface area contributed by atoms with Crippen molar-refractivity contribution < 1.29 is 21.2 Å². The van der Waals surface area contributed by atoms with Crippen LogP contribution in [0.1, 0.15) is 5.56 Å². The summed E-state index contributed by atoms with van der Waals surface area (Å²) in [6.45, 7) is 0. The van der Waals surface area contributed by atoms with Gasteiger partial charge in [-0.1, -0.05) is 18.2 Å². The topological polar surface area (TPSA) is 68.3 Å². The van der Waals surface area contributed by atoms with Gasteiger partial charge < -0.3 is 0 Å². The number of benzene rings is 1. The van der Waals surface area contributed by atoms with E-state index in [1.54, 1.807) is 0 Å². The van der Waals surface area contributed by atoms with E-state index >= 15 is 0 Å². The lowest BCUT2D eigenvalue weighted by atomic mass is 10.2. The quantitative estimate of drug-likeness (QED) is 0.785. The van der Waals surface area contributed by atoms with Gasteiger partial charge in [-0.05, 0) is 17.7 Å². The minimum Gasteiger partial charge on any atom is -0.223 e. The Kier molecular flexibility index (Phi) is 3.12. The highest BCUT2D eigenvalue weighted by molar-refractivity contribution is 8.04. The fourth-order valence-electron chi connectivity index (χ4n) is 1.51. The van der Waals surface area contributed by atoms with E-state index < -0.39 is 31.2 Å². The lowest BCUT2D eigenvalue weighted by Crippen LogP contribution is -2.06. The zero-order chi connectivity index (χ0) is 13.4. The molecule has 0 amide bonds. The van der Waals surface area contributed by atoms with Crippen molar-refractivity contribution in [1.82, 2.24) is 0 Å². The summed E-state index contributed by atoms with van der Waals surface area (Å²) in [5.41, 5.74) is 0.156. The van der Waals surface area contributed by atoms with Crippen LogP contribution in [0, 0.1) is 5.82 Å². The molecule has 1 aromatic rings. The van der Waals surface area contributed by atoms with Gasteiger partial charge in [0.05, 0.1) is 16.1 Å². The zero-order valence-electron chi connectivity index (χ0n) is 9.08. The van der Waals surface area contributed by atoms with Gasteiger partial charge in [-0.2, -0.15) is 0 Å². The molecule has 0 aromatic heterocycles. The number of hydrogen-bond acceptors (Lipinski definition) is 4. The van der Waals surface area contributed by atoms with Gasteiger partial charge in [0.1, 0.15) is 5.82 Å². The van der Waals surface area contributed by atoms with Gasteiger partial charge in [-0.15, -0.1) is 0 Å². The molecule has 0 atom stereocenters. The lowest BCUT2D eigenvalue weighted by Gasteiger charge is -2.05. The third-order valence-corrected chi connectivity index (χ3v) is 5.28. The molecule has 1 aromatic carbocycles. The molecule has 0 saturated carbocycles. The van der Waals surface area contributed by atoms with E-state index in [4.69, 9.17) is 0 Å². The third kappa shape index (κ3) is 2.68. The van der Waals surface area contributed by atoms with Crippen molar-refractivity contribution in [2.45, 2.75) is 0 Å². The Bertz CT molecular complexity index is 726. The van der Waals surface area contributed by atoms with Gasteiger partial charge in [0.15, 0.2) is 19.7 Å². The standard InChI is InChI=1S/C11H9FO4S2/c12-10-4-2-9(3-5-10)11-8-17(13,14)6-1-7-18(11,15)16/h1-6,8H,7H2. The molecule has 4 nitrogen and oxygen atoms in total. The largest absolute Gasteiger partial charge is 0.223 e. The van der Waals surface area contributed by atoms with E-state index in [1.165, 1.54) is 12.1 Å². The molecule has 7 heteroatoms. The molecule has 1 aliphatic heterocycles. The predicted octanol–water partition coefficient (Wildman–Crippen LogP) is 1.48. The molecular weight excluding hydrogens is 279 g/mol. The van der Waals surface area contributed by atoms with Crippen LogP contribution in [0.15, 0.2) is 41.2 Å². The summed E-state index contributed by atoms with van der Waals surface area (Å²) in [6.07, 6.45) is 1.08. The smallest absolute Gasteiger partial charge is 0.194 e. The molecule has 0 fully saturated rings. The summed E-state index contributed by atoms with van der Waals surface area (Å²) < 4.78 is 59.6. The van der Waals surface area contributed by atoms with Gasteiger partial charge in [-0.3, -0.25) is 0 Å². The fraction of sp³-hybridized carbons (Fsp3) is 0.0909. The fourth-order valence-corrected chi connectivity index (χ4v) is 4.53. The molecule has 0 saturated heterocycles. The summed E-state index contributed by atoms with van der Waals surface area (Å²) in [5.74, 6) is -0.915. The van der Waals surface area contributed by atoms with Gasteiger partial charge in [0.25, 0.3) is 0 Å². The van der Waals surface area contributed by atoms with Crippen molar-refractivity contribution in [2.24, 2.45) is 0 Å². The van der Waals surface area contributed by atoms with E-state index in [9.17, 15) is 21.2 Å². The van der Waals surface area contributed by atoms with Crippen LogP contribution in [-0.2, 0) is 19.7 Å². The molecule has 0 aliphatic carbocycles. The Hall–Kier alpha value is -1.47. The summed E-state index contributed by atoms with van der Waals surface area (Å²) in [4.78, 5) is -0.312. The van der Waals surface area contributed by atoms with Crippen LogP contribution >= 0.6 is 0 Å². The lowest BCUT2D eigenvalue weighted by molar-refractivity contribution is 0.607. The number of sulfone groups is 2. The van der Waals surface area contributed by atoms with Crippen molar-refractivity contribution >= 4 is 24.6 Å². The van der Waals surface area contributed by atoms with Crippen LogP contribution in [0.3, 0.4) is 0 Å². The first-order valence-electron chi connectivity index (χ1n) is 4.92. The molecule has 0 unspecified atom stereocenters. The Morgan fingerprint density at radius 3 is 2.22 bits per heavy atom. The minimum absolute atomic E-state index is 0.156. The summed E-state index contributed by atoms with van der Waals surface area (Å²) in [5, 5.41) is 1.54. The SMILES string of the molecule is O=S1(=O)C=CCS(=O)(=O)C(c2ccc(F)cc2)=C1. The van der Waals surface area contributed by atoms with E-state index in [2.05, 4.69) is 0 Å². The first-order chi connectivity index (χ1) is 8.30. The van der Waals surface area contributed by atoms with Crippen LogP contribution in [0.4, 0.5) is 4.39 Å². The maximum Gasteiger partial charge on any atom is 0.194 e. The van der Waals surface area contributed by atoms with Gasteiger partial charge in [0.2, 0.25) is 0 Å². The van der Waals surface area contributed by atoms with Crippen molar-refractivity contribution in [3.63, 3.8) is 0 Å². The Morgan fingerprint density at radius 1 is 1.00 bits per heavy atom. The van der Waals surface area contributed by atoms with E-state index in [0.717, 1.165) is 23.6 Å². The van der Waals surface area contributed by atoms with Crippen LogP contribution in [-0.4, -0.2) is 22.6 Å². The van der Waals surface area contributed by atoms with Crippen LogP contribution in [0.2, 0.25) is 0 Å². The van der Waals surface area contributed by atoms with E-state index in [1.807, 2.05) is 0 Å². The molecule has 96 valence electrons. The zero-order valence-corrected chi connectivity index (χ0v) is 10.7. The highest BCUT2D eigenvalue weighted by atomic mass is 32.2. The van der Waals surface area contributed by atoms with Crippen molar-refractivity contribution in [2.75, 3.05) is 5.75 Å². The normalized spacial score (nSPS) is 21.1. The molecule has 0 spiro atoms. The number of rotatable bonds is 1. The second-order valence-electron chi connectivity index (χ2n) is 3.73. The highest BCUT2D eigenvalue weighted by Crippen LogP contribution is 2.26. The van der Waals surface area contributed by atoms with Gasteiger partial charge in [0, 0.05) is 5.41 Å². The van der Waals surface area contributed by atoms with Crippen LogP contribution < -0.4 is 0 Å².